The molecule has 0 atom stereocenters. The molecule has 0 saturated carbocycles. The highest BCUT2D eigenvalue weighted by atomic mass is 19.1. The fourth-order valence-electron chi connectivity index (χ4n) is 1.11. The van der Waals surface area contributed by atoms with Gasteiger partial charge in [-0.25, -0.2) is 9.37 Å². The van der Waals surface area contributed by atoms with E-state index in [4.69, 9.17) is 5.73 Å². The summed E-state index contributed by atoms with van der Waals surface area (Å²) in [5.74, 6) is 0.444. The Bertz CT molecular complexity index is 471. The number of nitrogens with two attached hydrogens (primary N) is 1. The van der Waals surface area contributed by atoms with Crippen LogP contribution in [0.15, 0.2) is 36.5 Å². The predicted molar refractivity (Wildman–Crippen MR) is 60.1 cm³/mol. The van der Waals surface area contributed by atoms with Crippen molar-refractivity contribution >= 4 is 17.5 Å². The smallest absolute Gasteiger partial charge is 0.221 e. The quantitative estimate of drug-likeness (QED) is 0.684. The maximum Gasteiger partial charge on any atom is 0.221 e. The third-order valence-corrected chi connectivity index (χ3v) is 1.85. The van der Waals surface area contributed by atoms with E-state index in [0.717, 1.165) is 5.69 Å². The van der Waals surface area contributed by atoms with Crippen molar-refractivity contribution < 1.29 is 4.39 Å². The van der Waals surface area contributed by atoms with Gasteiger partial charge in [0.1, 0.15) is 11.6 Å². The highest BCUT2D eigenvalue weighted by molar-refractivity contribution is 5.49. The second-order valence-corrected chi connectivity index (χ2v) is 3.06. The van der Waals surface area contributed by atoms with Gasteiger partial charge in [-0.3, -0.25) is 10.9 Å². The molecule has 5 nitrogen and oxygen atoms in total. The number of halogens is 1. The summed E-state index contributed by atoms with van der Waals surface area (Å²) in [5.41, 5.74) is 11.8. The average Bonchev–Trinajstić information content (AvgIpc) is 2.28. The summed E-state index contributed by atoms with van der Waals surface area (Å²) in [5, 5.41) is 0. The number of benzene rings is 1. The zero-order valence-corrected chi connectivity index (χ0v) is 8.31. The van der Waals surface area contributed by atoms with Crippen LogP contribution in [0.3, 0.4) is 0 Å². The highest BCUT2D eigenvalue weighted by Crippen LogP contribution is 2.09. The topological polar surface area (TPSA) is 75.9 Å². The minimum Gasteiger partial charge on any atom is -0.368 e. The lowest BCUT2D eigenvalue weighted by Gasteiger charge is -2.08. The second-order valence-electron chi connectivity index (χ2n) is 3.06. The average molecular weight is 219 g/mol. The summed E-state index contributed by atoms with van der Waals surface area (Å²) in [6, 6.07) is 7.59. The summed E-state index contributed by atoms with van der Waals surface area (Å²) in [6.45, 7) is 0. The van der Waals surface area contributed by atoms with E-state index in [1.807, 2.05) is 0 Å². The van der Waals surface area contributed by atoms with Gasteiger partial charge in [-0.15, -0.1) is 0 Å². The molecule has 2 aromatic rings. The molecule has 2 rings (SSSR count). The first-order valence-corrected chi connectivity index (χ1v) is 4.60. The number of rotatable bonds is 3. The summed E-state index contributed by atoms with van der Waals surface area (Å²) in [4.78, 5) is 7.68. The molecule has 6 heteroatoms. The predicted octanol–water partition coefficient (Wildman–Crippen LogP) is 1.64. The zero-order valence-electron chi connectivity index (χ0n) is 8.31. The molecule has 1 aromatic carbocycles. The van der Waals surface area contributed by atoms with Crippen LogP contribution in [0.25, 0.3) is 0 Å². The molecule has 16 heavy (non-hydrogen) atoms. The number of aromatic nitrogens is 2. The third-order valence-electron chi connectivity index (χ3n) is 1.85. The van der Waals surface area contributed by atoms with Crippen LogP contribution in [0.1, 0.15) is 0 Å². The molecule has 0 unspecified atom stereocenters. The van der Waals surface area contributed by atoms with E-state index >= 15 is 0 Å². The monoisotopic (exact) mass is 219 g/mol. The van der Waals surface area contributed by atoms with Crippen molar-refractivity contribution in [1.82, 2.24) is 9.97 Å². The summed E-state index contributed by atoms with van der Waals surface area (Å²) < 4.78 is 12.6. The highest BCUT2D eigenvalue weighted by Gasteiger charge is 1.95. The molecule has 4 N–H and O–H groups in total. The molecular formula is C10H10FN5. The molecule has 0 aliphatic heterocycles. The molecule has 0 radical (unpaired) electrons. The van der Waals surface area contributed by atoms with Gasteiger partial charge in [0.25, 0.3) is 0 Å². The van der Waals surface area contributed by atoms with Crippen LogP contribution < -0.4 is 16.6 Å². The van der Waals surface area contributed by atoms with Gasteiger partial charge in [0, 0.05) is 12.3 Å². The van der Waals surface area contributed by atoms with E-state index in [1.165, 1.54) is 18.3 Å². The first kappa shape index (κ1) is 10.2. The number of nitrogens with zero attached hydrogens (tertiary/aromatic N) is 2. The summed E-state index contributed by atoms with van der Waals surface area (Å²) in [6.07, 6.45) is 1.54. The van der Waals surface area contributed by atoms with Gasteiger partial charge in [-0.1, -0.05) is 0 Å². The lowest BCUT2D eigenvalue weighted by molar-refractivity contribution is 0.628. The minimum absolute atomic E-state index is 0.186. The Hall–Kier alpha value is -2.37. The van der Waals surface area contributed by atoms with Crippen LogP contribution in [0.4, 0.5) is 21.8 Å². The SMILES string of the molecule is Nc1nccc(NNc2ccc(F)cc2)n1. The minimum atomic E-state index is -0.281. The maximum absolute atomic E-state index is 12.6. The second kappa shape index (κ2) is 4.43. The van der Waals surface area contributed by atoms with Crippen LogP contribution in [0.2, 0.25) is 0 Å². The molecular weight excluding hydrogens is 209 g/mol. The van der Waals surface area contributed by atoms with Crippen LogP contribution in [-0.4, -0.2) is 9.97 Å². The van der Waals surface area contributed by atoms with E-state index < -0.39 is 0 Å². The van der Waals surface area contributed by atoms with Crippen molar-refractivity contribution in [3.05, 3.63) is 42.3 Å². The molecule has 0 saturated heterocycles. The van der Waals surface area contributed by atoms with E-state index in [0.29, 0.717) is 5.82 Å². The maximum atomic E-state index is 12.6. The van der Waals surface area contributed by atoms with Gasteiger partial charge in [-0.2, -0.15) is 4.98 Å². The van der Waals surface area contributed by atoms with Gasteiger partial charge in [-0.05, 0) is 24.3 Å². The van der Waals surface area contributed by atoms with Crippen molar-refractivity contribution in [2.75, 3.05) is 16.6 Å². The number of nitrogen functional groups attached to an aromatic ring is 1. The Labute approximate surface area is 91.5 Å². The molecule has 0 aliphatic rings. The largest absolute Gasteiger partial charge is 0.368 e. The Morgan fingerprint density at radius 2 is 1.81 bits per heavy atom. The van der Waals surface area contributed by atoms with Gasteiger partial charge < -0.3 is 5.73 Å². The molecule has 1 aromatic heterocycles. The molecule has 0 spiro atoms. The van der Waals surface area contributed by atoms with Gasteiger partial charge >= 0.3 is 0 Å². The van der Waals surface area contributed by atoms with Crippen LogP contribution in [0.5, 0.6) is 0 Å². The van der Waals surface area contributed by atoms with Crippen molar-refractivity contribution in [3.63, 3.8) is 0 Å². The Balaban J connectivity index is 1.99. The first-order chi connectivity index (χ1) is 7.74. The number of anilines is 3. The van der Waals surface area contributed by atoms with E-state index in [-0.39, 0.29) is 11.8 Å². The number of nitrogens with one attached hydrogen (secondary N) is 2. The zero-order chi connectivity index (χ0) is 11.4. The van der Waals surface area contributed by atoms with Crippen molar-refractivity contribution in [2.24, 2.45) is 0 Å². The molecule has 0 amide bonds. The lowest BCUT2D eigenvalue weighted by Crippen LogP contribution is -2.10. The fourth-order valence-corrected chi connectivity index (χ4v) is 1.11. The lowest BCUT2D eigenvalue weighted by atomic mass is 10.3. The van der Waals surface area contributed by atoms with Crippen molar-refractivity contribution in [2.45, 2.75) is 0 Å². The standard InChI is InChI=1S/C10H10FN5/c11-7-1-3-8(4-2-7)15-16-9-5-6-13-10(12)14-9/h1-6,15H,(H3,12,13,14,16). The normalized spacial score (nSPS) is 9.81. The molecule has 0 bridgehead atoms. The van der Waals surface area contributed by atoms with Gasteiger partial charge in [0.05, 0.1) is 5.69 Å². The summed E-state index contributed by atoms with van der Waals surface area (Å²) in [7, 11) is 0. The molecule has 1 heterocycles. The van der Waals surface area contributed by atoms with E-state index in [1.54, 1.807) is 18.2 Å². The van der Waals surface area contributed by atoms with Crippen LogP contribution >= 0.6 is 0 Å². The van der Waals surface area contributed by atoms with E-state index in [9.17, 15) is 4.39 Å². The molecule has 82 valence electrons. The fraction of sp³-hybridized carbons (Fsp3) is 0. The van der Waals surface area contributed by atoms with Crippen molar-refractivity contribution in [3.8, 4) is 0 Å². The Morgan fingerprint density at radius 3 is 2.50 bits per heavy atom. The van der Waals surface area contributed by atoms with E-state index in [2.05, 4.69) is 20.8 Å². The van der Waals surface area contributed by atoms with Crippen molar-refractivity contribution in [1.29, 1.82) is 0 Å². The van der Waals surface area contributed by atoms with Gasteiger partial charge in [0.15, 0.2) is 0 Å². The molecule has 0 aliphatic carbocycles. The number of hydrazine groups is 1. The Morgan fingerprint density at radius 1 is 1.06 bits per heavy atom. The third kappa shape index (κ3) is 2.57. The van der Waals surface area contributed by atoms with Crippen LogP contribution in [0, 0.1) is 5.82 Å². The number of hydrogen-bond donors (Lipinski definition) is 3. The van der Waals surface area contributed by atoms with Gasteiger partial charge in [0.2, 0.25) is 5.95 Å². The van der Waals surface area contributed by atoms with Crippen LogP contribution in [-0.2, 0) is 0 Å². The first-order valence-electron chi connectivity index (χ1n) is 4.60. The number of hydrogen-bond acceptors (Lipinski definition) is 5. The summed E-state index contributed by atoms with van der Waals surface area (Å²) >= 11 is 0. The molecule has 0 fully saturated rings. The Kier molecular flexibility index (Phi) is 2.81.